The van der Waals surface area contributed by atoms with Crippen LogP contribution < -0.4 is 0 Å². The highest BCUT2D eigenvalue weighted by molar-refractivity contribution is 7.85. The monoisotopic (exact) mass is 301 g/mol. The Morgan fingerprint density at radius 2 is 1.84 bits per heavy atom. The lowest BCUT2D eigenvalue weighted by molar-refractivity contribution is 0.483. The second-order valence-corrected chi connectivity index (χ2v) is 5.89. The lowest BCUT2D eigenvalue weighted by atomic mass is 10.2. The van der Waals surface area contributed by atoms with Gasteiger partial charge in [0.05, 0.1) is 4.90 Å². The largest absolute Gasteiger partial charge is 0.362 e. The Kier molecular flexibility index (Phi) is 5.60. The van der Waals surface area contributed by atoms with Crippen LogP contribution in [0.4, 0.5) is 0 Å². The minimum atomic E-state index is -4.02. The summed E-state index contributed by atoms with van der Waals surface area (Å²) in [7, 11) is -2.06. The molecule has 0 aliphatic carbocycles. The summed E-state index contributed by atoms with van der Waals surface area (Å²) in [4.78, 5) is 1.91. The van der Waals surface area contributed by atoms with E-state index in [9.17, 15) is 8.42 Å². The molecule has 1 N–H and O–H groups in total. The van der Waals surface area contributed by atoms with Gasteiger partial charge in [-0.25, -0.2) is 0 Å². The average Bonchev–Trinajstić information content (AvgIpc) is 2.33. The van der Waals surface area contributed by atoms with Crippen LogP contribution in [0.25, 0.3) is 0 Å². The zero-order valence-electron chi connectivity index (χ0n) is 10.7. The molecule has 1 aliphatic heterocycles. The number of halogens is 1. The van der Waals surface area contributed by atoms with Crippen molar-refractivity contribution in [3.63, 3.8) is 0 Å². The zero-order valence-corrected chi connectivity index (χ0v) is 12.3. The Labute approximate surface area is 118 Å². The van der Waals surface area contributed by atoms with Crippen LogP contribution >= 0.6 is 11.6 Å². The molecule has 0 amide bonds. The van der Waals surface area contributed by atoms with Crippen molar-refractivity contribution >= 4 is 21.7 Å². The predicted molar refractivity (Wildman–Crippen MR) is 76.7 cm³/mol. The van der Waals surface area contributed by atoms with Crippen LogP contribution in [-0.4, -0.2) is 31.5 Å². The molecule has 6 heteroatoms. The highest BCUT2D eigenvalue weighted by Crippen LogP contribution is 2.10. The van der Waals surface area contributed by atoms with Crippen LogP contribution in [0.1, 0.15) is 5.56 Å². The molecule has 0 fully saturated rings. The molecule has 0 bridgehead atoms. The standard InChI is InChI=1S/C7H8O3S.C6H8ClN/c1-6-2-4-7(5-3-6)11(8,9)10;1-8-5-3-2-4-6(8)7/h2-5H,1H3,(H,8,9,10);2-4H,5H2,1H3. The molecule has 0 unspecified atom stereocenters. The van der Waals surface area contributed by atoms with Crippen LogP contribution in [0.3, 0.4) is 0 Å². The maximum atomic E-state index is 10.5. The third-order valence-corrected chi connectivity index (χ3v) is 3.72. The Bertz CT molecular complexity index is 576. The molecule has 1 aromatic carbocycles. The molecule has 1 aliphatic rings. The number of likely N-dealkylation sites (N-methyl/N-ethyl adjacent to an activating group) is 1. The van der Waals surface area contributed by atoms with Crippen molar-refractivity contribution in [3.05, 3.63) is 53.2 Å². The summed E-state index contributed by atoms with van der Waals surface area (Å²) in [6, 6.07) is 5.99. The van der Waals surface area contributed by atoms with Crippen molar-refractivity contribution in [1.29, 1.82) is 0 Å². The Morgan fingerprint density at radius 1 is 1.26 bits per heavy atom. The summed E-state index contributed by atoms with van der Waals surface area (Å²) in [5.41, 5.74) is 0.956. The van der Waals surface area contributed by atoms with E-state index < -0.39 is 10.1 Å². The van der Waals surface area contributed by atoms with E-state index in [4.69, 9.17) is 16.2 Å². The Morgan fingerprint density at radius 3 is 2.21 bits per heavy atom. The van der Waals surface area contributed by atoms with Gasteiger partial charge in [0.15, 0.2) is 0 Å². The molecule has 0 radical (unpaired) electrons. The number of benzene rings is 1. The first-order valence-electron chi connectivity index (χ1n) is 5.58. The number of aryl methyl sites for hydroxylation is 1. The van der Waals surface area contributed by atoms with Gasteiger partial charge in [-0.05, 0) is 25.1 Å². The van der Waals surface area contributed by atoms with Gasteiger partial charge >= 0.3 is 0 Å². The maximum absolute atomic E-state index is 10.5. The summed E-state index contributed by atoms with van der Waals surface area (Å²) in [5.74, 6) is 0. The maximum Gasteiger partial charge on any atom is 0.294 e. The quantitative estimate of drug-likeness (QED) is 0.640. The number of hydrogen-bond acceptors (Lipinski definition) is 3. The molecular weight excluding hydrogens is 286 g/mol. The lowest BCUT2D eigenvalue weighted by Gasteiger charge is -2.17. The summed E-state index contributed by atoms with van der Waals surface area (Å²) in [5, 5.41) is 0.813. The zero-order chi connectivity index (χ0) is 14.5. The number of rotatable bonds is 1. The van der Waals surface area contributed by atoms with E-state index in [1.807, 2.05) is 31.0 Å². The second kappa shape index (κ2) is 6.75. The lowest BCUT2D eigenvalue weighted by Crippen LogP contribution is -2.15. The van der Waals surface area contributed by atoms with Crippen molar-refractivity contribution < 1.29 is 13.0 Å². The van der Waals surface area contributed by atoms with Crippen LogP contribution in [0.5, 0.6) is 0 Å². The number of nitrogens with zero attached hydrogens (tertiary/aromatic N) is 1. The second-order valence-electron chi connectivity index (χ2n) is 4.09. The molecule has 0 atom stereocenters. The molecule has 19 heavy (non-hydrogen) atoms. The van der Waals surface area contributed by atoms with E-state index in [1.54, 1.807) is 12.1 Å². The number of hydrogen-bond donors (Lipinski definition) is 1. The average molecular weight is 302 g/mol. The van der Waals surface area contributed by atoms with Crippen LogP contribution in [0.15, 0.2) is 52.5 Å². The first-order valence-corrected chi connectivity index (χ1v) is 7.40. The van der Waals surface area contributed by atoms with Gasteiger partial charge in [-0.3, -0.25) is 4.55 Å². The van der Waals surface area contributed by atoms with Gasteiger partial charge in [-0.15, -0.1) is 0 Å². The van der Waals surface area contributed by atoms with E-state index in [-0.39, 0.29) is 4.90 Å². The van der Waals surface area contributed by atoms with E-state index in [2.05, 4.69) is 6.08 Å². The summed E-state index contributed by atoms with van der Waals surface area (Å²) in [6.45, 7) is 2.77. The molecule has 0 spiro atoms. The van der Waals surface area contributed by atoms with Crippen molar-refractivity contribution in [2.45, 2.75) is 11.8 Å². The fourth-order valence-corrected chi connectivity index (χ4v) is 1.91. The van der Waals surface area contributed by atoms with Crippen LogP contribution in [-0.2, 0) is 10.1 Å². The first-order chi connectivity index (χ1) is 8.80. The molecule has 104 valence electrons. The first kappa shape index (κ1) is 15.8. The van der Waals surface area contributed by atoms with Gasteiger partial charge < -0.3 is 4.90 Å². The molecule has 0 aromatic heterocycles. The van der Waals surface area contributed by atoms with Crippen molar-refractivity contribution in [1.82, 2.24) is 4.90 Å². The fourth-order valence-electron chi connectivity index (χ4n) is 1.29. The summed E-state index contributed by atoms with van der Waals surface area (Å²) >= 11 is 5.70. The van der Waals surface area contributed by atoms with Gasteiger partial charge in [0.25, 0.3) is 10.1 Å². The van der Waals surface area contributed by atoms with Gasteiger partial charge in [0.2, 0.25) is 0 Å². The SMILES string of the molecule is CN1CC=CC=C1Cl.Cc1ccc(S(=O)(=O)O)cc1. The van der Waals surface area contributed by atoms with Crippen molar-refractivity contribution in [2.24, 2.45) is 0 Å². The minimum absolute atomic E-state index is 0.0666. The topological polar surface area (TPSA) is 57.6 Å². The van der Waals surface area contributed by atoms with Gasteiger partial charge in [0.1, 0.15) is 5.16 Å². The number of allylic oxidation sites excluding steroid dienone is 2. The molecule has 2 rings (SSSR count). The third kappa shape index (κ3) is 5.46. The molecular formula is C13H16ClNO3S. The molecule has 0 saturated carbocycles. The minimum Gasteiger partial charge on any atom is -0.362 e. The normalized spacial score (nSPS) is 14.5. The Hall–Kier alpha value is -1.30. The van der Waals surface area contributed by atoms with Crippen LogP contribution in [0, 0.1) is 6.92 Å². The van der Waals surface area contributed by atoms with E-state index in [0.717, 1.165) is 17.3 Å². The summed E-state index contributed by atoms with van der Waals surface area (Å²) in [6.07, 6.45) is 5.90. The third-order valence-electron chi connectivity index (χ3n) is 2.43. The van der Waals surface area contributed by atoms with Gasteiger partial charge in [-0.2, -0.15) is 8.42 Å². The highest BCUT2D eigenvalue weighted by atomic mass is 35.5. The van der Waals surface area contributed by atoms with Gasteiger partial charge in [-0.1, -0.05) is 41.4 Å². The van der Waals surface area contributed by atoms with E-state index in [1.165, 1.54) is 12.1 Å². The summed E-state index contributed by atoms with van der Waals surface area (Å²) < 4.78 is 29.6. The highest BCUT2D eigenvalue weighted by Gasteiger charge is 2.06. The Balaban J connectivity index is 0.000000200. The van der Waals surface area contributed by atoms with Crippen molar-refractivity contribution in [2.75, 3.05) is 13.6 Å². The molecule has 1 heterocycles. The fraction of sp³-hybridized carbons (Fsp3) is 0.231. The van der Waals surface area contributed by atoms with E-state index >= 15 is 0 Å². The smallest absolute Gasteiger partial charge is 0.294 e. The molecule has 4 nitrogen and oxygen atoms in total. The molecule has 0 saturated heterocycles. The van der Waals surface area contributed by atoms with Gasteiger partial charge in [0, 0.05) is 13.6 Å². The van der Waals surface area contributed by atoms with Crippen LogP contribution in [0.2, 0.25) is 0 Å². The van der Waals surface area contributed by atoms with Crippen molar-refractivity contribution in [3.8, 4) is 0 Å². The van der Waals surface area contributed by atoms with E-state index in [0.29, 0.717) is 0 Å². The molecule has 1 aromatic rings. The predicted octanol–water partition coefficient (Wildman–Crippen LogP) is 2.81.